The second-order valence-corrected chi connectivity index (χ2v) is 8.79. The number of benzene rings is 3. The van der Waals surface area contributed by atoms with Crippen LogP contribution >= 0.6 is 0 Å². The molecule has 0 fully saturated rings. The molecule has 0 spiro atoms. The highest BCUT2D eigenvalue weighted by atomic mass is 16.4. The molecule has 3 aromatic carbocycles. The van der Waals surface area contributed by atoms with Gasteiger partial charge in [-0.05, 0) is 71.8 Å². The molecule has 0 unspecified atom stereocenters. The average Bonchev–Trinajstić information content (AvgIpc) is 2.85. The molecular formula is C28H25NO6. The van der Waals surface area contributed by atoms with Crippen molar-refractivity contribution in [1.29, 1.82) is 0 Å². The number of hydrogen-bond donors (Lipinski definition) is 3. The third-order valence-electron chi connectivity index (χ3n) is 5.78. The average molecular weight is 472 g/mol. The van der Waals surface area contributed by atoms with Crippen LogP contribution in [0.5, 0.6) is 5.75 Å². The van der Waals surface area contributed by atoms with E-state index in [1.807, 2.05) is 6.07 Å². The van der Waals surface area contributed by atoms with E-state index in [1.54, 1.807) is 48.5 Å². The van der Waals surface area contributed by atoms with Crippen LogP contribution in [0.15, 0.2) is 75.9 Å². The van der Waals surface area contributed by atoms with Gasteiger partial charge in [0.25, 0.3) is 5.91 Å². The third-order valence-corrected chi connectivity index (χ3v) is 5.78. The lowest BCUT2D eigenvalue weighted by Crippen LogP contribution is -2.18. The third kappa shape index (κ3) is 5.24. The van der Waals surface area contributed by atoms with E-state index < -0.39 is 17.5 Å². The summed E-state index contributed by atoms with van der Waals surface area (Å²) in [6, 6.07) is 18.3. The Morgan fingerprint density at radius 2 is 1.66 bits per heavy atom. The van der Waals surface area contributed by atoms with Gasteiger partial charge in [-0.1, -0.05) is 44.2 Å². The number of aromatic hydroxyl groups is 1. The fourth-order valence-corrected chi connectivity index (χ4v) is 3.79. The molecule has 4 rings (SSSR count). The predicted octanol–water partition coefficient (Wildman–Crippen LogP) is 5.70. The van der Waals surface area contributed by atoms with Crippen LogP contribution in [0.25, 0.3) is 22.1 Å². The Morgan fingerprint density at radius 1 is 0.943 bits per heavy atom. The van der Waals surface area contributed by atoms with Crippen LogP contribution in [0.3, 0.4) is 0 Å². The zero-order chi connectivity index (χ0) is 25.1. The monoisotopic (exact) mass is 471 g/mol. The van der Waals surface area contributed by atoms with Crippen molar-refractivity contribution >= 4 is 28.5 Å². The lowest BCUT2D eigenvalue weighted by Gasteiger charge is -2.10. The van der Waals surface area contributed by atoms with E-state index in [9.17, 15) is 19.5 Å². The Balaban J connectivity index is 1.61. The second kappa shape index (κ2) is 9.85. The number of anilines is 1. The molecular weight excluding hydrogens is 446 g/mol. The maximum atomic E-state index is 12.8. The molecule has 0 aliphatic rings. The normalized spacial score (nSPS) is 11.1. The van der Waals surface area contributed by atoms with Gasteiger partial charge < -0.3 is 19.9 Å². The van der Waals surface area contributed by atoms with Gasteiger partial charge in [-0.15, -0.1) is 0 Å². The summed E-state index contributed by atoms with van der Waals surface area (Å²) in [6.45, 7) is 4.27. The first kappa shape index (κ1) is 23.8. The molecule has 1 aromatic heterocycles. The number of nitrogens with one attached hydrogen (secondary N) is 1. The van der Waals surface area contributed by atoms with Crippen molar-refractivity contribution in [2.24, 2.45) is 5.92 Å². The van der Waals surface area contributed by atoms with Crippen molar-refractivity contribution in [2.75, 3.05) is 5.32 Å². The van der Waals surface area contributed by atoms with Crippen molar-refractivity contribution in [1.82, 2.24) is 0 Å². The highest BCUT2D eigenvalue weighted by Crippen LogP contribution is 2.33. The number of aromatic carboxylic acids is 1. The Morgan fingerprint density at radius 3 is 2.34 bits per heavy atom. The standard InChI is InChI=1S/C28H25NO6/c1-16(2)6-7-17-4-3-5-21(14-17)26(31)29-24-25(30)22-13-12-20(15-23(22)35-28(24)34)18-8-10-19(11-9-18)27(32)33/h3-5,8-16,30H,6-7H2,1-2H3,(H,29,31)(H,32,33). The van der Waals surface area contributed by atoms with Crippen LogP contribution in [0.4, 0.5) is 5.69 Å². The van der Waals surface area contributed by atoms with Crippen molar-refractivity contribution in [3.63, 3.8) is 0 Å². The number of fused-ring (bicyclic) bond motifs is 1. The number of carbonyl (C=O) groups is 2. The Kier molecular flexibility index (Phi) is 6.68. The van der Waals surface area contributed by atoms with Crippen LogP contribution in [-0.2, 0) is 6.42 Å². The van der Waals surface area contributed by atoms with Gasteiger partial charge in [0.05, 0.1) is 10.9 Å². The van der Waals surface area contributed by atoms with E-state index in [2.05, 4.69) is 19.2 Å². The number of carbonyl (C=O) groups excluding carboxylic acids is 1. The molecule has 0 aliphatic carbocycles. The van der Waals surface area contributed by atoms with Gasteiger partial charge in [-0.25, -0.2) is 9.59 Å². The first-order valence-corrected chi connectivity index (χ1v) is 11.3. The van der Waals surface area contributed by atoms with Crippen LogP contribution in [0.1, 0.15) is 46.5 Å². The summed E-state index contributed by atoms with van der Waals surface area (Å²) in [4.78, 5) is 36.5. The van der Waals surface area contributed by atoms with Crippen molar-refractivity contribution in [2.45, 2.75) is 26.7 Å². The van der Waals surface area contributed by atoms with Gasteiger partial charge in [0.1, 0.15) is 5.58 Å². The fraction of sp³-hybridized carbons (Fsp3) is 0.179. The molecule has 0 bridgehead atoms. The van der Waals surface area contributed by atoms with E-state index in [0.29, 0.717) is 22.6 Å². The number of carboxylic acid groups (broad SMARTS) is 1. The van der Waals surface area contributed by atoms with Gasteiger partial charge in [0.2, 0.25) is 0 Å². The molecule has 1 heterocycles. The van der Waals surface area contributed by atoms with E-state index in [-0.39, 0.29) is 28.0 Å². The van der Waals surface area contributed by atoms with E-state index in [1.165, 1.54) is 12.1 Å². The van der Waals surface area contributed by atoms with Gasteiger partial charge in [0, 0.05) is 5.56 Å². The SMILES string of the molecule is CC(C)CCc1cccc(C(=O)Nc2c(O)c3ccc(-c4ccc(C(=O)O)cc4)cc3oc2=O)c1. The van der Waals surface area contributed by atoms with Gasteiger partial charge in [0.15, 0.2) is 11.4 Å². The van der Waals surface area contributed by atoms with Crippen molar-refractivity contribution < 1.29 is 24.2 Å². The quantitative estimate of drug-likeness (QED) is 0.298. The van der Waals surface area contributed by atoms with Crippen molar-refractivity contribution in [3.8, 4) is 16.9 Å². The van der Waals surface area contributed by atoms with Gasteiger partial charge >= 0.3 is 11.6 Å². The Labute approximate surface area is 201 Å². The maximum absolute atomic E-state index is 12.8. The van der Waals surface area contributed by atoms with Crippen LogP contribution in [-0.4, -0.2) is 22.1 Å². The lowest BCUT2D eigenvalue weighted by molar-refractivity contribution is 0.0696. The highest BCUT2D eigenvalue weighted by molar-refractivity contribution is 6.06. The van der Waals surface area contributed by atoms with E-state index >= 15 is 0 Å². The molecule has 7 heteroatoms. The zero-order valence-corrected chi connectivity index (χ0v) is 19.4. The highest BCUT2D eigenvalue weighted by Gasteiger charge is 2.18. The molecule has 0 atom stereocenters. The first-order valence-electron chi connectivity index (χ1n) is 11.3. The zero-order valence-electron chi connectivity index (χ0n) is 19.4. The topological polar surface area (TPSA) is 117 Å². The minimum Gasteiger partial charge on any atom is -0.505 e. The molecule has 1 amide bonds. The molecule has 35 heavy (non-hydrogen) atoms. The molecule has 0 radical (unpaired) electrons. The summed E-state index contributed by atoms with van der Waals surface area (Å²) in [7, 11) is 0. The maximum Gasteiger partial charge on any atom is 0.364 e. The van der Waals surface area contributed by atoms with Crippen molar-refractivity contribution in [3.05, 3.63) is 93.8 Å². The minimum absolute atomic E-state index is 0.140. The number of carboxylic acids is 1. The summed E-state index contributed by atoms with van der Waals surface area (Å²) < 4.78 is 5.40. The smallest absolute Gasteiger partial charge is 0.364 e. The summed E-state index contributed by atoms with van der Waals surface area (Å²) >= 11 is 0. The molecule has 4 aromatic rings. The summed E-state index contributed by atoms with van der Waals surface area (Å²) in [6.07, 6.45) is 1.83. The number of aryl methyl sites for hydroxylation is 1. The van der Waals surface area contributed by atoms with Crippen LogP contribution in [0.2, 0.25) is 0 Å². The van der Waals surface area contributed by atoms with E-state index in [4.69, 9.17) is 9.52 Å². The molecule has 0 aliphatic heterocycles. The predicted molar refractivity (Wildman–Crippen MR) is 134 cm³/mol. The summed E-state index contributed by atoms with van der Waals surface area (Å²) in [5, 5.41) is 22.6. The summed E-state index contributed by atoms with van der Waals surface area (Å²) in [5.41, 5.74) is 1.88. The number of rotatable bonds is 7. The lowest BCUT2D eigenvalue weighted by atomic mass is 10.0. The van der Waals surface area contributed by atoms with Gasteiger partial charge in [-0.3, -0.25) is 4.79 Å². The Bertz CT molecular complexity index is 1470. The van der Waals surface area contributed by atoms with Crippen LogP contribution in [0, 0.1) is 5.92 Å². The first-order chi connectivity index (χ1) is 16.7. The van der Waals surface area contributed by atoms with E-state index in [0.717, 1.165) is 18.4 Å². The van der Waals surface area contributed by atoms with Crippen LogP contribution < -0.4 is 10.9 Å². The Hall–Kier alpha value is -4.39. The molecule has 0 saturated carbocycles. The van der Waals surface area contributed by atoms with Gasteiger partial charge in [-0.2, -0.15) is 0 Å². The molecule has 0 saturated heterocycles. The number of hydrogen-bond acceptors (Lipinski definition) is 5. The fourth-order valence-electron chi connectivity index (χ4n) is 3.79. The largest absolute Gasteiger partial charge is 0.505 e. The molecule has 7 nitrogen and oxygen atoms in total. The summed E-state index contributed by atoms with van der Waals surface area (Å²) in [5.74, 6) is -1.39. The molecule has 178 valence electrons. The number of amides is 1. The second-order valence-electron chi connectivity index (χ2n) is 8.79. The minimum atomic E-state index is -1.03. The molecule has 3 N–H and O–H groups in total.